The molecule has 1 aliphatic heterocycles. The van der Waals surface area contributed by atoms with Crippen molar-refractivity contribution in [2.24, 2.45) is 5.92 Å². The van der Waals surface area contributed by atoms with Crippen LogP contribution in [-0.4, -0.2) is 28.5 Å². The molecule has 0 bridgehead atoms. The lowest BCUT2D eigenvalue weighted by atomic mass is 10.0. The van der Waals surface area contributed by atoms with E-state index in [0.717, 1.165) is 32.2 Å². The van der Waals surface area contributed by atoms with Crippen LogP contribution >= 0.6 is 0 Å². The van der Waals surface area contributed by atoms with Gasteiger partial charge in [-0.15, -0.1) is 0 Å². The number of nitrogens with zero attached hydrogens (tertiary/aromatic N) is 2. The maximum atomic E-state index is 12.2. The molecule has 0 N–H and O–H groups in total. The first-order chi connectivity index (χ1) is 9.74. The number of carbonyl (C=O) groups is 1. The average Bonchev–Trinajstić information content (AvgIpc) is 3.26. The number of para-hydroxylation sites is 1. The Labute approximate surface area is 119 Å². The van der Waals surface area contributed by atoms with Crippen molar-refractivity contribution in [3.8, 4) is 0 Å². The number of benzene rings is 1. The first-order valence-corrected chi connectivity index (χ1v) is 7.58. The SMILES string of the molecule is CN(C(=O)C1CC1)[C@@H]1CCc2cc3ccccc3n2C1. The molecule has 3 heteroatoms. The van der Waals surface area contributed by atoms with E-state index >= 15 is 0 Å². The molecule has 1 saturated carbocycles. The molecular weight excluding hydrogens is 248 g/mol. The van der Waals surface area contributed by atoms with E-state index in [1.807, 2.05) is 11.9 Å². The van der Waals surface area contributed by atoms with Gasteiger partial charge in [0.05, 0.1) is 0 Å². The summed E-state index contributed by atoms with van der Waals surface area (Å²) in [6, 6.07) is 11.2. The van der Waals surface area contributed by atoms with Gasteiger partial charge >= 0.3 is 0 Å². The van der Waals surface area contributed by atoms with Crippen molar-refractivity contribution in [3.05, 3.63) is 36.0 Å². The van der Waals surface area contributed by atoms with E-state index in [0.29, 0.717) is 17.9 Å². The highest BCUT2D eigenvalue weighted by atomic mass is 16.2. The molecular formula is C17H20N2O. The average molecular weight is 268 g/mol. The topological polar surface area (TPSA) is 25.2 Å². The van der Waals surface area contributed by atoms with Gasteiger partial charge in [-0.25, -0.2) is 0 Å². The van der Waals surface area contributed by atoms with Gasteiger partial charge in [0.1, 0.15) is 0 Å². The Kier molecular flexibility index (Phi) is 2.62. The molecule has 1 aliphatic carbocycles. The Balaban J connectivity index is 1.63. The van der Waals surface area contributed by atoms with Crippen molar-refractivity contribution < 1.29 is 4.79 Å². The molecule has 20 heavy (non-hydrogen) atoms. The van der Waals surface area contributed by atoms with Gasteiger partial charge in [-0.1, -0.05) is 18.2 Å². The zero-order valence-electron chi connectivity index (χ0n) is 11.9. The second-order valence-corrected chi connectivity index (χ2v) is 6.22. The van der Waals surface area contributed by atoms with Gasteiger partial charge in [0, 0.05) is 36.8 Å². The van der Waals surface area contributed by atoms with Crippen LogP contribution in [0.2, 0.25) is 0 Å². The Hall–Kier alpha value is -1.77. The van der Waals surface area contributed by atoms with E-state index in [9.17, 15) is 4.79 Å². The normalized spacial score (nSPS) is 21.8. The van der Waals surface area contributed by atoms with Crippen molar-refractivity contribution in [2.75, 3.05) is 7.05 Å². The van der Waals surface area contributed by atoms with Crippen LogP contribution in [0, 0.1) is 5.92 Å². The summed E-state index contributed by atoms with van der Waals surface area (Å²) in [4.78, 5) is 14.2. The fourth-order valence-corrected chi connectivity index (χ4v) is 3.42. The molecule has 2 aliphatic rings. The molecule has 0 radical (unpaired) electrons. The first-order valence-electron chi connectivity index (χ1n) is 7.58. The Morgan fingerprint density at radius 3 is 2.85 bits per heavy atom. The third kappa shape index (κ3) is 1.84. The predicted octanol–water partition coefficient (Wildman–Crippen LogP) is 2.82. The van der Waals surface area contributed by atoms with Crippen molar-refractivity contribution >= 4 is 16.8 Å². The van der Waals surface area contributed by atoms with E-state index in [-0.39, 0.29) is 0 Å². The molecule has 2 aromatic rings. The summed E-state index contributed by atoms with van der Waals surface area (Å²) >= 11 is 0. The van der Waals surface area contributed by atoms with E-state index in [1.54, 1.807) is 0 Å². The number of hydrogen-bond acceptors (Lipinski definition) is 1. The highest BCUT2D eigenvalue weighted by Crippen LogP contribution is 2.33. The highest BCUT2D eigenvalue weighted by Gasteiger charge is 2.35. The second kappa shape index (κ2) is 4.37. The van der Waals surface area contributed by atoms with Crippen molar-refractivity contribution in [3.63, 3.8) is 0 Å². The smallest absolute Gasteiger partial charge is 0.225 e. The van der Waals surface area contributed by atoms with Crippen LogP contribution < -0.4 is 0 Å². The zero-order valence-corrected chi connectivity index (χ0v) is 11.9. The van der Waals surface area contributed by atoms with Gasteiger partial charge in [-0.05, 0) is 43.2 Å². The monoisotopic (exact) mass is 268 g/mol. The highest BCUT2D eigenvalue weighted by molar-refractivity contribution is 5.82. The molecule has 1 aromatic carbocycles. The van der Waals surface area contributed by atoms with Crippen LogP contribution in [0.3, 0.4) is 0 Å². The maximum Gasteiger partial charge on any atom is 0.225 e. The van der Waals surface area contributed by atoms with Crippen LogP contribution in [-0.2, 0) is 17.8 Å². The number of carbonyl (C=O) groups excluding carboxylic acids is 1. The largest absolute Gasteiger partial charge is 0.343 e. The van der Waals surface area contributed by atoms with Crippen LogP contribution in [0.5, 0.6) is 0 Å². The lowest BCUT2D eigenvalue weighted by Gasteiger charge is -2.33. The van der Waals surface area contributed by atoms with Crippen LogP contribution in [0.1, 0.15) is 25.0 Å². The summed E-state index contributed by atoms with van der Waals surface area (Å²) in [5.74, 6) is 0.678. The predicted molar refractivity (Wildman–Crippen MR) is 79.5 cm³/mol. The summed E-state index contributed by atoms with van der Waals surface area (Å²) in [6.45, 7) is 0.942. The molecule has 0 unspecified atom stereocenters. The first kappa shape index (κ1) is 12.0. The number of aromatic nitrogens is 1. The molecule has 0 spiro atoms. The lowest BCUT2D eigenvalue weighted by molar-refractivity contribution is -0.133. The summed E-state index contributed by atoms with van der Waals surface area (Å²) < 4.78 is 2.40. The van der Waals surface area contributed by atoms with Gasteiger partial charge in [0.25, 0.3) is 0 Å². The fraction of sp³-hybridized carbons (Fsp3) is 0.471. The van der Waals surface area contributed by atoms with Crippen molar-refractivity contribution in [1.82, 2.24) is 9.47 Å². The number of hydrogen-bond donors (Lipinski definition) is 0. The molecule has 3 nitrogen and oxygen atoms in total. The number of aryl methyl sites for hydroxylation is 1. The summed E-state index contributed by atoms with van der Waals surface area (Å²) in [7, 11) is 1.99. The standard InChI is InChI=1S/C17H20N2O/c1-18(17(20)12-6-7-12)15-9-8-14-10-13-4-2-3-5-16(13)19(14)11-15/h2-5,10,12,15H,6-9,11H2,1H3/t15-/m1/s1. The van der Waals surface area contributed by atoms with E-state index in [2.05, 4.69) is 34.9 Å². The van der Waals surface area contributed by atoms with Crippen LogP contribution in [0.25, 0.3) is 10.9 Å². The third-order valence-electron chi connectivity index (χ3n) is 4.85. The van der Waals surface area contributed by atoms with Gasteiger partial charge in [0.2, 0.25) is 5.91 Å². The Morgan fingerprint density at radius 2 is 2.05 bits per heavy atom. The molecule has 104 valence electrons. The summed E-state index contributed by atoms with van der Waals surface area (Å²) in [6.07, 6.45) is 4.34. The van der Waals surface area contributed by atoms with Crippen LogP contribution in [0.15, 0.2) is 30.3 Å². The zero-order chi connectivity index (χ0) is 13.7. The van der Waals surface area contributed by atoms with E-state index < -0.39 is 0 Å². The Bertz CT molecular complexity index is 669. The van der Waals surface area contributed by atoms with Crippen molar-refractivity contribution in [1.29, 1.82) is 0 Å². The quantitative estimate of drug-likeness (QED) is 0.822. The molecule has 1 fully saturated rings. The van der Waals surface area contributed by atoms with Gasteiger partial charge in [-0.3, -0.25) is 4.79 Å². The van der Waals surface area contributed by atoms with E-state index in [4.69, 9.17) is 0 Å². The van der Waals surface area contributed by atoms with Gasteiger partial charge in [0.15, 0.2) is 0 Å². The minimum Gasteiger partial charge on any atom is -0.343 e. The molecule has 1 atom stereocenters. The van der Waals surface area contributed by atoms with Crippen LogP contribution in [0.4, 0.5) is 0 Å². The second-order valence-electron chi connectivity index (χ2n) is 6.22. The van der Waals surface area contributed by atoms with Gasteiger partial charge in [-0.2, -0.15) is 0 Å². The van der Waals surface area contributed by atoms with Crippen molar-refractivity contribution in [2.45, 2.75) is 38.3 Å². The number of rotatable bonds is 2. The van der Waals surface area contributed by atoms with E-state index in [1.165, 1.54) is 16.6 Å². The Morgan fingerprint density at radius 1 is 1.25 bits per heavy atom. The molecule has 4 rings (SSSR count). The maximum absolute atomic E-state index is 12.2. The molecule has 1 aromatic heterocycles. The minimum absolute atomic E-state index is 0.322. The van der Waals surface area contributed by atoms with Gasteiger partial charge < -0.3 is 9.47 Å². The molecule has 2 heterocycles. The fourth-order valence-electron chi connectivity index (χ4n) is 3.42. The summed E-state index contributed by atoms with van der Waals surface area (Å²) in [5, 5.41) is 1.32. The number of likely N-dealkylation sites (N-methyl/N-ethyl adjacent to an activating group) is 1. The third-order valence-corrected chi connectivity index (χ3v) is 4.85. The molecule has 1 amide bonds. The summed E-state index contributed by atoms with van der Waals surface area (Å²) in [5.41, 5.74) is 2.72. The minimum atomic E-state index is 0.322. The lowest BCUT2D eigenvalue weighted by Crippen LogP contribution is -2.43. The number of fused-ring (bicyclic) bond motifs is 3. The number of amides is 1. The molecule has 0 saturated heterocycles.